The maximum Gasteiger partial charge on any atom is 0.163 e. The van der Waals surface area contributed by atoms with Crippen molar-refractivity contribution in [3.05, 3.63) is 121 Å². The summed E-state index contributed by atoms with van der Waals surface area (Å²) in [5.74, 6) is 4.70. The van der Waals surface area contributed by atoms with Gasteiger partial charge >= 0.3 is 0 Å². The summed E-state index contributed by atoms with van der Waals surface area (Å²) in [5.41, 5.74) is 4.40. The van der Waals surface area contributed by atoms with Crippen LogP contribution < -0.4 is 19.3 Å². The van der Waals surface area contributed by atoms with Crippen LogP contribution in [0.2, 0.25) is 0 Å². The van der Waals surface area contributed by atoms with E-state index in [0.717, 1.165) is 62.8 Å². The fraction of sp³-hybridized carbons (Fsp3) is 0. The van der Waals surface area contributed by atoms with Crippen molar-refractivity contribution >= 4 is 45.4 Å². The van der Waals surface area contributed by atoms with Crippen LogP contribution in [0.3, 0.4) is 0 Å². The molecule has 0 fully saturated rings. The van der Waals surface area contributed by atoms with Gasteiger partial charge in [-0.25, -0.2) is 9.97 Å². The smallest absolute Gasteiger partial charge is 0.163 e. The molecule has 0 amide bonds. The van der Waals surface area contributed by atoms with Gasteiger partial charge in [-0.15, -0.1) is 0 Å². The molecule has 8 rings (SSSR count). The maximum absolute atomic E-state index is 6.18. The summed E-state index contributed by atoms with van der Waals surface area (Å²) in [6.45, 7) is 0. The van der Waals surface area contributed by atoms with Crippen molar-refractivity contribution in [1.82, 2.24) is 9.97 Å². The van der Waals surface area contributed by atoms with Crippen molar-refractivity contribution in [2.24, 2.45) is 0 Å². The van der Waals surface area contributed by atoms with Crippen LogP contribution in [0.1, 0.15) is 0 Å². The van der Waals surface area contributed by atoms with Gasteiger partial charge in [0.2, 0.25) is 0 Å². The topological polar surface area (TPSA) is 50.7 Å². The quantitative estimate of drug-likeness (QED) is 0.240. The number of aromatic nitrogens is 2. The summed E-state index contributed by atoms with van der Waals surface area (Å²) < 4.78 is 12.4. The molecule has 0 spiro atoms. The highest BCUT2D eigenvalue weighted by atomic mass is 16.5. The predicted molar refractivity (Wildman–Crippen MR) is 149 cm³/mol. The summed E-state index contributed by atoms with van der Waals surface area (Å²) in [6.07, 6.45) is 0. The number of ether oxygens (including phenoxy) is 2. The normalized spacial score (nSPS) is 13.1. The average molecular weight is 493 g/mol. The first-order chi connectivity index (χ1) is 18.8. The predicted octanol–water partition coefficient (Wildman–Crippen LogP) is 8.78. The fourth-order valence-electron chi connectivity index (χ4n) is 5.13. The number of hydrogen-bond acceptors (Lipinski definition) is 6. The molecular weight excluding hydrogens is 472 g/mol. The van der Waals surface area contributed by atoms with E-state index in [4.69, 9.17) is 19.4 Å². The first kappa shape index (κ1) is 20.8. The van der Waals surface area contributed by atoms with Crippen LogP contribution in [0, 0.1) is 0 Å². The third kappa shape index (κ3) is 3.14. The van der Waals surface area contributed by atoms with Gasteiger partial charge in [-0.3, -0.25) is 9.80 Å². The van der Waals surface area contributed by atoms with E-state index in [1.54, 1.807) is 0 Å². The molecule has 0 unspecified atom stereocenters. The molecule has 4 heterocycles. The lowest BCUT2D eigenvalue weighted by Gasteiger charge is -2.32. The zero-order valence-electron chi connectivity index (χ0n) is 20.2. The van der Waals surface area contributed by atoms with Gasteiger partial charge in [-0.1, -0.05) is 48.5 Å². The molecule has 0 bridgehead atoms. The molecule has 0 N–H and O–H groups in total. The van der Waals surface area contributed by atoms with Gasteiger partial charge in [0, 0.05) is 5.39 Å². The zero-order chi connectivity index (χ0) is 25.1. The molecule has 4 aromatic carbocycles. The van der Waals surface area contributed by atoms with Gasteiger partial charge in [0.25, 0.3) is 0 Å². The SMILES string of the molecule is c1ccc2c(c1)Oc1ccccc1N2c1ccc2ccc(N3c4ccccc4Oc4ccccc43)nc2n1. The van der Waals surface area contributed by atoms with Crippen LogP contribution >= 0.6 is 0 Å². The second kappa shape index (κ2) is 8.08. The third-order valence-electron chi connectivity index (χ3n) is 6.85. The van der Waals surface area contributed by atoms with E-state index >= 15 is 0 Å². The Morgan fingerprint density at radius 2 is 0.737 bits per heavy atom. The molecule has 0 atom stereocenters. The van der Waals surface area contributed by atoms with Crippen molar-refractivity contribution < 1.29 is 9.47 Å². The minimum atomic E-state index is 0.655. The van der Waals surface area contributed by atoms with Crippen molar-refractivity contribution in [2.45, 2.75) is 0 Å². The van der Waals surface area contributed by atoms with Gasteiger partial charge in [0.1, 0.15) is 11.6 Å². The molecular formula is C32H20N4O2. The lowest BCUT2D eigenvalue weighted by molar-refractivity contribution is 0.476. The molecule has 0 saturated heterocycles. The van der Waals surface area contributed by atoms with E-state index in [0.29, 0.717) is 5.65 Å². The Kier molecular flexibility index (Phi) is 4.42. The van der Waals surface area contributed by atoms with Crippen molar-refractivity contribution in [3.63, 3.8) is 0 Å². The lowest BCUT2D eigenvalue weighted by atomic mass is 10.1. The highest BCUT2D eigenvalue weighted by Gasteiger charge is 2.28. The number of fused-ring (bicyclic) bond motifs is 5. The summed E-state index contributed by atoms with van der Waals surface area (Å²) in [6, 6.07) is 40.2. The summed E-state index contributed by atoms with van der Waals surface area (Å²) in [7, 11) is 0. The summed E-state index contributed by atoms with van der Waals surface area (Å²) in [5, 5.41) is 0.960. The Balaban J connectivity index is 1.30. The summed E-state index contributed by atoms with van der Waals surface area (Å²) >= 11 is 0. The Labute approximate surface area is 219 Å². The van der Waals surface area contributed by atoms with E-state index in [1.807, 2.05) is 109 Å². The minimum absolute atomic E-state index is 0.655. The number of nitrogens with zero attached hydrogens (tertiary/aromatic N) is 4. The van der Waals surface area contributed by atoms with E-state index in [-0.39, 0.29) is 0 Å². The van der Waals surface area contributed by atoms with Gasteiger partial charge in [-0.2, -0.15) is 0 Å². The zero-order valence-corrected chi connectivity index (χ0v) is 20.2. The van der Waals surface area contributed by atoms with E-state index in [9.17, 15) is 0 Å². The second-order valence-electron chi connectivity index (χ2n) is 9.13. The van der Waals surface area contributed by atoms with Crippen LogP contribution in [-0.2, 0) is 0 Å². The molecule has 38 heavy (non-hydrogen) atoms. The van der Waals surface area contributed by atoms with Gasteiger partial charge < -0.3 is 9.47 Å². The molecule has 6 nitrogen and oxygen atoms in total. The van der Waals surface area contributed by atoms with E-state index in [1.165, 1.54) is 0 Å². The lowest BCUT2D eigenvalue weighted by Crippen LogP contribution is -2.18. The van der Waals surface area contributed by atoms with Gasteiger partial charge in [0.15, 0.2) is 28.6 Å². The maximum atomic E-state index is 6.18. The van der Waals surface area contributed by atoms with Crippen molar-refractivity contribution in [2.75, 3.05) is 9.80 Å². The molecule has 6 aromatic rings. The molecule has 0 aliphatic carbocycles. The monoisotopic (exact) mass is 492 g/mol. The largest absolute Gasteiger partial charge is 0.453 e. The third-order valence-corrected chi connectivity index (χ3v) is 6.85. The number of hydrogen-bond donors (Lipinski definition) is 0. The van der Waals surface area contributed by atoms with Crippen LogP contribution in [0.5, 0.6) is 23.0 Å². The standard InChI is InChI=1S/C32H20N4O2/c1-5-13-26-22(9-1)35(23-10-2-6-14-27(23)37-26)30-19-17-21-18-20-31(34-32(21)33-30)36-24-11-3-7-15-28(24)38-29-16-8-4-12-25(29)36/h1-20H. The Bertz CT molecular complexity index is 1650. The number of rotatable bonds is 2. The van der Waals surface area contributed by atoms with Crippen LogP contribution in [0.15, 0.2) is 121 Å². The Morgan fingerprint density at radius 1 is 0.395 bits per heavy atom. The number of benzene rings is 4. The van der Waals surface area contributed by atoms with Crippen LogP contribution in [0.25, 0.3) is 11.0 Å². The van der Waals surface area contributed by atoms with E-state index in [2.05, 4.69) is 21.9 Å². The molecule has 6 heteroatoms. The highest BCUT2D eigenvalue weighted by Crippen LogP contribution is 2.51. The Morgan fingerprint density at radius 3 is 1.11 bits per heavy atom. The molecule has 0 saturated carbocycles. The minimum Gasteiger partial charge on any atom is -0.453 e. The molecule has 180 valence electrons. The highest BCUT2D eigenvalue weighted by molar-refractivity contribution is 5.90. The number of para-hydroxylation sites is 8. The summed E-state index contributed by atoms with van der Waals surface area (Å²) in [4.78, 5) is 14.4. The first-order valence-corrected chi connectivity index (χ1v) is 12.4. The van der Waals surface area contributed by atoms with Gasteiger partial charge in [0.05, 0.1) is 22.7 Å². The van der Waals surface area contributed by atoms with Crippen molar-refractivity contribution in [3.8, 4) is 23.0 Å². The number of pyridine rings is 2. The fourth-order valence-corrected chi connectivity index (χ4v) is 5.13. The van der Waals surface area contributed by atoms with Crippen LogP contribution in [-0.4, -0.2) is 9.97 Å². The first-order valence-electron chi connectivity index (χ1n) is 12.4. The molecule has 0 radical (unpaired) electrons. The molecule has 2 aromatic heterocycles. The molecule has 2 aliphatic heterocycles. The molecule has 2 aliphatic rings. The average Bonchev–Trinajstić information content (AvgIpc) is 2.98. The van der Waals surface area contributed by atoms with Gasteiger partial charge in [-0.05, 0) is 72.8 Å². The second-order valence-corrected chi connectivity index (χ2v) is 9.13. The van der Waals surface area contributed by atoms with Crippen molar-refractivity contribution in [1.29, 1.82) is 0 Å². The number of anilines is 6. The Hall–Kier alpha value is -5.36. The van der Waals surface area contributed by atoms with Crippen LogP contribution in [0.4, 0.5) is 34.4 Å². The van der Waals surface area contributed by atoms with E-state index < -0.39 is 0 Å².